The van der Waals surface area contributed by atoms with Crippen molar-refractivity contribution in [3.8, 4) is 0 Å². The zero-order chi connectivity index (χ0) is 10.3. The van der Waals surface area contributed by atoms with Crippen LogP contribution in [0.2, 0.25) is 0 Å². The average molecular weight is 220 g/mol. The van der Waals surface area contributed by atoms with Crippen molar-refractivity contribution in [3.63, 3.8) is 0 Å². The predicted molar refractivity (Wildman–Crippen MR) is 44.8 cm³/mol. The minimum Gasteiger partial charge on any atom is -0.311 e. The van der Waals surface area contributed by atoms with E-state index in [0.29, 0.717) is 5.88 Å². The first-order valence-electron chi connectivity index (χ1n) is 3.99. The third-order valence-corrected chi connectivity index (χ3v) is 1.85. The maximum atomic E-state index is 11.5. The first-order valence-corrected chi connectivity index (χ1v) is 4.53. The molecule has 13 heavy (non-hydrogen) atoms. The highest BCUT2D eigenvalue weighted by Gasteiger charge is 2.28. The zero-order valence-corrected chi connectivity index (χ0v) is 8.08. The lowest BCUT2D eigenvalue weighted by Gasteiger charge is -2.14. The average Bonchev–Trinajstić information content (AvgIpc) is 2.03. The molecule has 80 valence electrons. The van der Waals surface area contributed by atoms with E-state index in [1.54, 1.807) is 0 Å². The lowest BCUT2D eigenvalue weighted by molar-refractivity contribution is -0.323. The lowest BCUT2D eigenvalue weighted by atomic mass is 10.2. The quantitative estimate of drug-likeness (QED) is 0.546. The monoisotopic (exact) mass is 219 g/mol. The van der Waals surface area contributed by atoms with Crippen molar-refractivity contribution in [2.75, 3.05) is 19.0 Å². The number of rotatable bonds is 6. The Hall–Kier alpha value is -0.0000000000000000555. The molecular weight excluding hydrogens is 207 g/mol. The number of hydrogen-bond acceptors (Lipinski definition) is 2. The number of nitrogens with one attached hydrogen (secondary N) is 1. The van der Waals surface area contributed by atoms with Gasteiger partial charge in [-0.05, 0) is 6.42 Å². The molecule has 0 saturated carbocycles. The molecule has 0 fully saturated rings. The molecule has 0 heterocycles. The van der Waals surface area contributed by atoms with Gasteiger partial charge in [-0.2, -0.15) is 0 Å². The molecule has 0 radical (unpaired) electrons. The summed E-state index contributed by atoms with van der Waals surface area (Å²) in [5.74, 6) is 0.391. The molecule has 0 aromatic rings. The third-order valence-electron chi connectivity index (χ3n) is 1.48. The van der Waals surface area contributed by atoms with Crippen LogP contribution in [-0.2, 0) is 4.74 Å². The smallest absolute Gasteiger partial charge is 0.311 e. The van der Waals surface area contributed by atoms with E-state index in [2.05, 4.69) is 10.1 Å². The molecule has 0 aromatic heterocycles. The van der Waals surface area contributed by atoms with Gasteiger partial charge < -0.3 is 5.32 Å². The van der Waals surface area contributed by atoms with Gasteiger partial charge in [0.1, 0.15) is 0 Å². The van der Waals surface area contributed by atoms with Gasteiger partial charge in [-0.3, -0.25) is 4.74 Å². The van der Waals surface area contributed by atoms with E-state index in [1.165, 1.54) is 0 Å². The second-order valence-electron chi connectivity index (χ2n) is 2.51. The summed E-state index contributed by atoms with van der Waals surface area (Å²) in [6, 6.07) is 0.0542. The summed E-state index contributed by atoms with van der Waals surface area (Å²) in [5, 5.41) is 2.83. The number of alkyl halides is 4. The molecular formula is C7H13ClF3NO. The minimum absolute atomic E-state index is 0.0542. The molecule has 0 aliphatic rings. The summed E-state index contributed by atoms with van der Waals surface area (Å²) in [6.07, 6.45) is -3.75. The van der Waals surface area contributed by atoms with Gasteiger partial charge in [-0.25, -0.2) is 0 Å². The molecule has 0 aliphatic carbocycles. The van der Waals surface area contributed by atoms with Crippen LogP contribution in [0.25, 0.3) is 0 Å². The molecule has 0 spiro atoms. The van der Waals surface area contributed by atoms with E-state index >= 15 is 0 Å². The minimum atomic E-state index is -4.54. The Balaban J connectivity index is 3.34. The van der Waals surface area contributed by atoms with Crippen molar-refractivity contribution < 1.29 is 17.9 Å². The number of hydrogen-bond donors (Lipinski definition) is 1. The maximum Gasteiger partial charge on any atom is 0.522 e. The summed E-state index contributed by atoms with van der Waals surface area (Å²) >= 11 is 5.51. The van der Waals surface area contributed by atoms with Crippen LogP contribution in [0.4, 0.5) is 13.2 Å². The maximum absolute atomic E-state index is 11.5. The summed E-state index contributed by atoms with van der Waals surface area (Å²) in [4.78, 5) is 0. The first-order chi connectivity index (χ1) is 5.99. The Kier molecular flexibility index (Phi) is 6.45. The van der Waals surface area contributed by atoms with E-state index < -0.39 is 6.36 Å². The molecule has 1 N–H and O–H groups in total. The molecule has 0 saturated heterocycles. The van der Waals surface area contributed by atoms with Crippen LogP contribution < -0.4 is 5.32 Å². The summed E-state index contributed by atoms with van der Waals surface area (Å²) in [6.45, 7) is 1.69. The van der Waals surface area contributed by atoms with E-state index in [1.807, 2.05) is 6.92 Å². The van der Waals surface area contributed by atoms with Crippen LogP contribution in [-0.4, -0.2) is 31.4 Å². The molecule has 0 aromatic carbocycles. The zero-order valence-electron chi connectivity index (χ0n) is 7.33. The Morgan fingerprint density at radius 2 is 2.08 bits per heavy atom. The van der Waals surface area contributed by atoms with Crippen LogP contribution in [0.3, 0.4) is 0 Å². The van der Waals surface area contributed by atoms with Crippen molar-refractivity contribution in [3.05, 3.63) is 0 Å². The molecule has 6 heteroatoms. The molecule has 0 rings (SSSR count). The Bertz CT molecular complexity index is 127. The largest absolute Gasteiger partial charge is 0.522 e. The normalized spacial score (nSPS) is 14.5. The van der Waals surface area contributed by atoms with Crippen LogP contribution in [0.15, 0.2) is 0 Å². The van der Waals surface area contributed by atoms with Crippen molar-refractivity contribution in [2.45, 2.75) is 25.7 Å². The van der Waals surface area contributed by atoms with Crippen LogP contribution in [0, 0.1) is 0 Å². The van der Waals surface area contributed by atoms with Crippen LogP contribution in [0.5, 0.6) is 0 Å². The van der Waals surface area contributed by atoms with Crippen molar-refractivity contribution in [1.29, 1.82) is 0 Å². The van der Waals surface area contributed by atoms with Gasteiger partial charge >= 0.3 is 6.36 Å². The summed E-state index contributed by atoms with van der Waals surface area (Å²) in [7, 11) is 0. The standard InChI is InChI=1S/C7H13ClF3NO/c1-2-6(5-8)12-3-4-13-7(9,10)11/h6,12H,2-5H2,1H3. The van der Waals surface area contributed by atoms with Crippen molar-refractivity contribution in [1.82, 2.24) is 5.32 Å². The van der Waals surface area contributed by atoms with E-state index in [9.17, 15) is 13.2 Å². The van der Waals surface area contributed by atoms with Gasteiger partial charge in [-0.15, -0.1) is 24.8 Å². The predicted octanol–water partition coefficient (Wildman–Crippen LogP) is 2.13. The van der Waals surface area contributed by atoms with E-state index in [0.717, 1.165) is 6.42 Å². The lowest BCUT2D eigenvalue weighted by Crippen LogP contribution is -2.34. The van der Waals surface area contributed by atoms with Gasteiger partial charge in [0.05, 0.1) is 6.61 Å². The summed E-state index contributed by atoms with van der Waals surface area (Å²) < 4.78 is 38.0. The number of halogens is 4. The summed E-state index contributed by atoms with van der Waals surface area (Å²) in [5.41, 5.74) is 0. The fourth-order valence-electron chi connectivity index (χ4n) is 0.738. The van der Waals surface area contributed by atoms with Gasteiger partial charge in [0.15, 0.2) is 0 Å². The highest BCUT2D eigenvalue weighted by Crippen LogP contribution is 2.15. The fraction of sp³-hybridized carbons (Fsp3) is 1.00. The second-order valence-corrected chi connectivity index (χ2v) is 2.82. The molecule has 0 amide bonds. The van der Waals surface area contributed by atoms with E-state index in [-0.39, 0.29) is 19.2 Å². The third kappa shape index (κ3) is 8.33. The molecule has 1 unspecified atom stereocenters. The van der Waals surface area contributed by atoms with Gasteiger partial charge in [0.25, 0.3) is 0 Å². The molecule has 1 atom stereocenters. The fourth-order valence-corrected chi connectivity index (χ4v) is 1.07. The second kappa shape index (κ2) is 6.45. The first kappa shape index (κ1) is 13.0. The van der Waals surface area contributed by atoms with Gasteiger partial charge in [-0.1, -0.05) is 6.92 Å². The van der Waals surface area contributed by atoms with E-state index in [4.69, 9.17) is 11.6 Å². The number of ether oxygens (including phenoxy) is 1. The van der Waals surface area contributed by atoms with Crippen LogP contribution in [0.1, 0.15) is 13.3 Å². The van der Waals surface area contributed by atoms with Crippen molar-refractivity contribution in [2.24, 2.45) is 0 Å². The van der Waals surface area contributed by atoms with Crippen LogP contribution >= 0.6 is 11.6 Å². The molecule has 2 nitrogen and oxygen atoms in total. The SMILES string of the molecule is CCC(CCl)NCCOC(F)(F)F. The molecule has 0 aliphatic heterocycles. The Morgan fingerprint density at radius 3 is 2.46 bits per heavy atom. The van der Waals surface area contributed by atoms with Crippen molar-refractivity contribution >= 4 is 11.6 Å². The topological polar surface area (TPSA) is 21.3 Å². The Labute approximate surface area is 80.4 Å². The highest BCUT2D eigenvalue weighted by molar-refractivity contribution is 6.18. The van der Waals surface area contributed by atoms with Gasteiger partial charge in [0.2, 0.25) is 0 Å². The van der Waals surface area contributed by atoms with Gasteiger partial charge in [0, 0.05) is 18.5 Å². The Morgan fingerprint density at radius 1 is 1.46 bits per heavy atom. The highest BCUT2D eigenvalue weighted by atomic mass is 35.5. The molecule has 0 bridgehead atoms.